The summed E-state index contributed by atoms with van der Waals surface area (Å²) >= 11 is 0. The number of halogens is 2. The monoisotopic (exact) mass is 373 g/mol. The lowest BCUT2D eigenvalue weighted by atomic mass is 9.59. The standard InChI is InChI=1S/C21H25F2N3O/c1-20(2,3)21(8-10-24)9-11-26(14-18(21)22)13-15-6-7-16(25-19(15)23)17-5-4-12-27-17/h4-7,12,18H,8-9,11,13-14H2,1-3H3. The number of pyridine rings is 1. The Hall–Kier alpha value is -2.26. The van der Waals surface area contributed by atoms with Crippen molar-refractivity contribution in [1.82, 2.24) is 9.88 Å². The van der Waals surface area contributed by atoms with Crippen LogP contribution in [-0.4, -0.2) is 29.1 Å². The lowest BCUT2D eigenvalue weighted by Gasteiger charge is -2.51. The van der Waals surface area contributed by atoms with E-state index in [1.807, 2.05) is 25.7 Å². The van der Waals surface area contributed by atoms with Crippen LogP contribution in [0.4, 0.5) is 8.78 Å². The van der Waals surface area contributed by atoms with E-state index in [1.165, 1.54) is 6.26 Å². The zero-order valence-electron chi connectivity index (χ0n) is 16.0. The van der Waals surface area contributed by atoms with Crippen LogP contribution in [-0.2, 0) is 6.54 Å². The molecular formula is C21H25F2N3O. The van der Waals surface area contributed by atoms with E-state index in [2.05, 4.69) is 11.1 Å². The van der Waals surface area contributed by atoms with Gasteiger partial charge in [-0.3, -0.25) is 4.90 Å². The van der Waals surface area contributed by atoms with Crippen molar-refractivity contribution in [1.29, 1.82) is 5.26 Å². The number of piperidine rings is 1. The predicted molar refractivity (Wildman–Crippen MR) is 98.8 cm³/mol. The average molecular weight is 373 g/mol. The van der Waals surface area contributed by atoms with Crippen LogP contribution in [0.5, 0.6) is 0 Å². The van der Waals surface area contributed by atoms with Gasteiger partial charge in [0, 0.05) is 30.5 Å². The number of nitriles is 1. The summed E-state index contributed by atoms with van der Waals surface area (Å²) in [7, 11) is 0. The maximum Gasteiger partial charge on any atom is 0.218 e. The van der Waals surface area contributed by atoms with Crippen molar-refractivity contribution in [2.45, 2.75) is 46.3 Å². The number of furan rings is 1. The lowest BCUT2D eigenvalue weighted by molar-refractivity contribution is -0.0662. The van der Waals surface area contributed by atoms with Gasteiger partial charge in [0.25, 0.3) is 0 Å². The zero-order valence-corrected chi connectivity index (χ0v) is 16.0. The number of aromatic nitrogens is 1. The summed E-state index contributed by atoms with van der Waals surface area (Å²) in [4.78, 5) is 5.88. The number of alkyl halides is 1. The van der Waals surface area contributed by atoms with Crippen LogP contribution in [0.25, 0.3) is 11.5 Å². The van der Waals surface area contributed by atoms with Gasteiger partial charge in [0.2, 0.25) is 5.95 Å². The van der Waals surface area contributed by atoms with Crippen molar-refractivity contribution in [3.63, 3.8) is 0 Å². The molecule has 0 radical (unpaired) electrons. The van der Waals surface area contributed by atoms with E-state index in [9.17, 15) is 9.65 Å². The van der Waals surface area contributed by atoms with Crippen LogP contribution >= 0.6 is 0 Å². The number of hydrogen-bond acceptors (Lipinski definition) is 4. The molecule has 1 aliphatic rings. The second-order valence-electron chi connectivity index (χ2n) is 8.32. The molecule has 0 aliphatic carbocycles. The molecule has 2 aromatic heterocycles. The Labute approximate surface area is 158 Å². The summed E-state index contributed by atoms with van der Waals surface area (Å²) in [5.41, 5.74) is -0.116. The van der Waals surface area contributed by atoms with Crippen LogP contribution in [0.3, 0.4) is 0 Å². The molecule has 0 amide bonds. The van der Waals surface area contributed by atoms with Crippen LogP contribution in [0, 0.1) is 28.1 Å². The van der Waals surface area contributed by atoms with Gasteiger partial charge >= 0.3 is 0 Å². The van der Waals surface area contributed by atoms with Crippen LogP contribution in [0.2, 0.25) is 0 Å². The van der Waals surface area contributed by atoms with Gasteiger partial charge in [-0.15, -0.1) is 0 Å². The van der Waals surface area contributed by atoms with E-state index in [1.54, 1.807) is 24.3 Å². The van der Waals surface area contributed by atoms with E-state index >= 15 is 4.39 Å². The van der Waals surface area contributed by atoms with Crippen molar-refractivity contribution < 1.29 is 13.2 Å². The summed E-state index contributed by atoms with van der Waals surface area (Å²) < 4.78 is 34.9. The van der Waals surface area contributed by atoms with Crippen molar-refractivity contribution in [3.8, 4) is 17.5 Å². The molecule has 4 nitrogen and oxygen atoms in total. The van der Waals surface area contributed by atoms with Crippen molar-refractivity contribution >= 4 is 0 Å². The molecule has 3 rings (SSSR count). The third-order valence-electron chi connectivity index (χ3n) is 5.87. The number of rotatable bonds is 4. The van der Waals surface area contributed by atoms with E-state index in [0.717, 1.165) is 0 Å². The molecule has 3 heterocycles. The summed E-state index contributed by atoms with van der Waals surface area (Å²) in [6.45, 7) is 7.08. The highest BCUT2D eigenvalue weighted by molar-refractivity contribution is 5.51. The molecule has 27 heavy (non-hydrogen) atoms. The molecule has 1 aliphatic heterocycles. The van der Waals surface area contributed by atoms with Crippen molar-refractivity contribution in [2.24, 2.45) is 10.8 Å². The molecule has 2 atom stereocenters. The van der Waals surface area contributed by atoms with Gasteiger partial charge in [-0.1, -0.05) is 26.8 Å². The molecule has 2 unspecified atom stereocenters. The van der Waals surface area contributed by atoms with Crippen molar-refractivity contribution in [3.05, 3.63) is 42.0 Å². The first kappa shape index (κ1) is 19.5. The van der Waals surface area contributed by atoms with Crippen molar-refractivity contribution in [2.75, 3.05) is 13.1 Å². The highest BCUT2D eigenvalue weighted by Crippen LogP contribution is 2.50. The summed E-state index contributed by atoms with van der Waals surface area (Å²) in [6.07, 6.45) is 1.15. The Kier molecular flexibility index (Phi) is 5.34. The minimum absolute atomic E-state index is 0.193. The first-order valence-corrected chi connectivity index (χ1v) is 9.19. The average Bonchev–Trinajstić information content (AvgIpc) is 3.13. The smallest absolute Gasteiger partial charge is 0.218 e. The van der Waals surface area contributed by atoms with E-state index in [-0.39, 0.29) is 18.4 Å². The normalized spacial score (nSPS) is 23.9. The molecular weight excluding hydrogens is 348 g/mol. The second kappa shape index (κ2) is 7.40. The quantitative estimate of drug-likeness (QED) is 0.710. The predicted octanol–water partition coefficient (Wildman–Crippen LogP) is 4.97. The lowest BCUT2D eigenvalue weighted by Crippen LogP contribution is -2.54. The fraction of sp³-hybridized carbons (Fsp3) is 0.524. The van der Waals surface area contributed by atoms with Gasteiger partial charge in [0.05, 0.1) is 12.3 Å². The molecule has 0 spiro atoms. The Morgan fingerprint density at radius 1 is 1.37 bits per heavy atom. The molecule has 1 saturated heterocycles. The molecule has 2 aromatic rings. The van der Waals surface area contributed by atoms with Gasteiger partial charge < -0.3 is 4.42 Å². The molecule has 0 N–H and O–H groups in total. The Morgan fingerprint density at radius 3 is 2.70 bits per heavy atom. The van der Waals surface area contributed by atoms with Gasteiger partial charge in [0.15, 0.2) is 5.76 Å². The van der Waals surface area contributed by atoms with Gasteiger partial charge in [0.1, 0.15) is 11.9 Å². The zero-order chi connectivity index (χ0) is 19.7. The number of likely N-dealkylation sites (tertiary alicyclic amines) is 1. The fourth-order valence-corrected chi connectivity index (χ4v) is 3.98. The molecule has 144 valence electrons. The summed E-state index contributed by atoms with van der Waals surface area (Å²) in [5.74, 6) is -0.0577. The first-order valence-electron chi connectivity index (χ1n) is 9.19. The van der Waals surface area contributed by atoms with E-state index in [4.69, 9.17) is 4.42 Å². The second-order valence-corrected chi connectivity index (χ2v) is 8.32. The largest absolute Gasteiger partial charge is 0.463 e. The molecule has 6 heteroatoms. The summed E-state index contributed by atoms with van der Waals surface area (Å²) in [5, 5.41) is 9.21. The van der Waals surface area contributed by atoms with Crippen LogP contribution in [0.1, 0.15) is 39.2 Å². The SMILES string of the molecule is CC(C)(C)C1(CC#N)CCN(Cc2ccc(-c3ccco3)nc2F)CC1F. The van der Waals surface area contributed by atoms with Gasteiger partial charge in [-0.25, -0.2) is 9.37 Å². The highest BCUT2D eigenvalue weighted by Gasteiger charge is 2.51. The molecule has 0 saturated carbocycles. The maximum absolute atomic E-state index is 15.2. The molecule has 1 fully saturated rings. The Bertz CT molecular complexity index is 823. The van der Waals surface area contributed by atoms with Gasteiger partial charge in [-0.2, -0.15) is 9.65 Å². The van der Waals surface area contributed by atoms with Gasteiger partial charge in [-0.05, 0) is 36.6 Å². The molecule has 0 bridgehead atoms. The minimum atomic E-state index is -1.13. The number of nitrogens with zero attached hydrogens (tertiary/aromatic N) is 3. The van der Waals surface area contributed by atoms with E-state index in [0.29, 0.717) is 36.5 Å². The topological polar surface area (TPSA) is 53.1 Å². The third kappa shape index (κ3) is 3.74. The third-order valence-corrected chi connectivity index (χ3v) is 5.87. The first-order chi connectivity index (χ1) is 12.8. The summed E-state index contributed by atoms with van der Waals surface area (Å²) in [6, 6.07) is 9.00. The van der Waals surface area contributed by atoms with Crippen LogP contribution < -0.4 is 0 Å². The minimum Gasteiger partial charge on any atom is -0.463 e. The van der Waals surface area contributed by atoms with Crippen LogP contribution in [0.15, 0.2) is 34.9 Å². The highest BCUT2D eigenvalue weighted by atomic mass is 19.1. The fourth-order valence-electron chi connectivity index (χ4n) is 3.98. The number of hydrogen-bond donors (Lipinski definition) is 0. The Balaban J connectivity index is 1.72. The van der Waals surface area contributed by atoms with E-state index < -0.39 is 17.5 Å². The maximum atomic E-state index is 15.2. The Morgan fingerprint density at radius 2 is 2.15 bits per heavy atom. The molecule has 0 aromatic carbocycles.